The van der Waals surface area contributed by atoms with Crippen LogP contribution in [0.25, 0.3) is 0 Å². The van der Waals surface area contributed by atoms with Crippen molar-refractivity contribution in [3.05, 3.63) is 65.3 Å². The number of halogens is 1. The molecule has 0 unspecified atom stereocenters. The molecule has 0 spiro atoms. The van der Waals surface area contributed by atoms with Crippen molar-refractivity contribution >= 4 is 12.4 Å². The fourth-order valence-electron chi connectivity index (χ4n) is 3.30. The normalized spacial score (nSPS) is 13.1. The predicted molar refractivity (Wildman–Crippen MR) is 101 cm³/mol. The highest BCUT2D eigenvalue weighted by Crippen LogP contribution is 2.18. The van der Waals surface area contributed by atoms with E-state index in [9.17, 15) is 9.18 Å². The largest absolute Gasteiger partial charge is 0.483 e. The summed E-state index contributed by atoms with van der Waals surface area (Å²) in [4.78, 5) is 22.9. The van der Waals surface area contributed by atoms with E-state index >= 15 is 0 Å². The monoisotopic (exact) mass is 400 g/mol. The van der Waals surface area contributed by atoms with Crippen molar-refractivity contribution in [2.24, 2.45) is 0 Å². The second-order valence-electron chi connectivity index (χ2n) is 6.47. The van der Waals surface area contributed by atoms with Crippen molar-refractivity contribution in [1.29, 1.82) is 0 Å². The van der Waals surface area contributed by atoms with Crippen molar-refractivity contribution in [3.8, 4) is 0 Å². The van der Waals surface area contributed by atoms with E-state index < -0.39 is 5.82 Å². The van der Waals surface area contributed by atoms with Crippen LogP contribution in [0.4, 0.5) is 4.39 Å². The molecule has 0 bridgehead atoms. The molecular formula is C19H21FN6O3. The van der Waals surface area contributed by atoms with E-state index in [4.69, 9.17) is 9.90 Å². The van der Waals surface area contributed by atoms with E-state index in [1.807, 2.05) is 16.8 Å². The summed E-state index contributed by atoms with van der Waals surface area (Å²) in [7, 11) is 0. The molecule has 0 atom stereocenters. The number of carbonyl (C=O) groups is 2. The fourth-order valence-corrected chi connectivity index (χ4v) is 3.30. The lowest BCUT2D eigenvalue weighted by atomic mass is 10.1. The van der Waals surface area contributed by atoms with Gasteiger partial charge in [0.05, 0.1) is 5.56 Å². The van der Waals surface area contributed by atoms with Crippen LogP contribution >= 0.6 is 0 Å². The topological polar surface area (TPSA) is 106 Å². The average molecular weight is 400 g/mol. The third kappa shape index (κ3) is 4.48. The molecule has 0 saturated carbocycles. The first kappa shape index (κ1) is 20.2. The molecule has 0 aliphatic carbocycles. The van der Waals surface area contributed by atoms with Gasteiger partial charge in [-0.1, -0.05) is 12.1 Å². The van der Waals surface area contributed by atoms with Crippen LogP contribution in [0.2, 0.25) is 0 Å². The van der Waals surface area contributed by atoms with E-state index in [0.717, 1.165) is 11.6 Å². The second-order valence-corrected chi connectivity index (χ2v) is 6.47. The van der Waals surface area contributed by atoms with Gasteiger partial charge >= 0.3 is 0 Å². The first-order chi connectivity index (χ1) is 14.0. The number of rotatable bonds is 3. The minimum absolute atomic E-state index is 0.155. The maximum atomic E-state index is 14.2. The molecule has 2 aromatic heterocycles. The van der Waals surface area contributed by atoms with Gasteiger partial charge in [0.25, 0.3) is 12.4 Å². The molecule has 3 aromatic rings. The molecule has 3 heterocycles. The number of hydrogen-bond acceptors (Lipinski definition) is 5. The third-order valence-electron chi connectivity index (χ3n) is 4.69. The van der Waals surface area contributed by atoms with Crippen LogP contribution < -0.4 is 0 Å². The van der Waals surface area contributed by atoms with Crippen LogP contribution in [-0.2, 0) is 24.3 Å². The Labute approximate surface area is 166 Å². The summed E-state index contributed by atoms with van der Waals surface area (Å²) in [6.45, 7) is 3.60. The molecule has 1 N–H and O–H groups in total. The molecule has 1 aliphatic heterocycles. The van der Waals surface area contributed by atoms with Crippen LogP contribution in [0.1, 0.15) is 27.6 Å². The van der Waals surface area contributed by atoms with E-state index in [-0.39, 0.29) is 17.9 Å². The van der Waals surface area contributed by atoms with Gasteiger partial charge in [0.2, 0.25) is 0 Å². The maximum Gasteiger partial charge on any atom is 0.290 e. The van der Waals surface area contributed by atoms with Crippen LogP contribution in [-0.4, -0.2) is 60.0 Å². The minimum atomic E-state index is -0.474. The zero-order valence-corrected chi connectivity index (χ0v) is 15.9. The second kappa shape index (κ2) is 9.09. The van der Waals surface area contributed by atoms with Gasteiger partial charge in [0.15, 0.2) is 5.82 Å². The van der Waals surface area contributed by atoms with Crippen molar-refractivity contribution in [2.45, 2.75) is 26.4 Å². The fraction of sp³-hybridized carbons (Fsp3) is 0.316. The molecule has 4 rings (SSSR count). The van der Waals surface area contributed by atoms with Gasteiger partial charge in [-0.2, -0.15) is 5.10 Å². The number of fused-ring (bicyclic) bond motifs is 1. The van der Waals surface area contributed by atoms with Gasteiger partial charge in [0, 0.05) is 38.4 Å². The number of aromatic nitrogens is 5. The Morgan fingerprint density at radius 2 is 2.03 bits per heavy atom. The van der Waals surface area contributed by atoms with Crippen molar-refractivity contribution in [3.63, 3.8) is 0 Å². The number of aryl methyl sites for hydroxylation is 1. The summed E-state index contributed by atoms with van der Waals surface area (Å²) in [6, 6.07) is 6.56. The molecule has 0 radical (unpaired) electrons. The highest BCUT2D eigenvalue weighted by Gasteiger charge is 2.25. The maximum absolute atomic E-state index is 14.2. The molecule has 9 nitrogen and oxygen atoms in total. The number of nitrogens with zero attached hydrogens (tertiary/aromatic N) is 6. The zero-order valence-electron chi connectivity index (χ0n) is 15.9. The standard InChI is InChI=1S/C18H19FN6O.CH2O2/c1-13-4-2-5-14(19)17(13)18(26)23-9-6-15-21-22-16(25(15)11-10-23)12-24-8-3-7-20-24;2-1-3/h2-5,7-8H,6,9-12H2,1H3;1H,(H,2,3). The van der Waals surface area contributed by atoms with Crippen molar-refractivity contribution in [2.75, 3.05) is 13.1 Å². The highest BCUT2D eigenvalue weighted by atomic mass is 19.1. The van der Waals surface area contributed by atoms with Crippen molar-refractivity contribution < 1.29 is 19.1 Å². The molecule has 1 amide bonds. The number of benzene rings is 1. The smallest absolute Gasteiger partial charge is 0.290 e. The van der Waals surface area contributed by atoms with Gasteiger partial charge in [-0.3, -0.25) is 14.3 Å². The highest BCUT2D eigenvalue weighted by molar-refractivity contribution is 5.96. The number of carbonyl (C=O) groups excluding carboxylic acids is 1. The summed E-state index contributed by atoms with van der Waals surface area (Å²) < 4.78 is 18.0. The first-order valence-electron chi connectivity index (χ1n) is 9.05. The predicted octanol–water partition coefficient (Wildman–Crippen LogP) is 1.37. The van der Waals surface area contributed by atoms with Gasteiger partial charge in [-0.25, -0.2) is 4.39 Å². The lowest BCUT2D eigenvalue weighted by molar-refractivity contribution is -0.122. The van der Waals surface area contributed by atoms with Gasteiger partial charge < -0.3 is 14.6 Å². The Balaban J connectivity index is 0.000000755. The zero-order chi connectivity index (χ0) is 20.8. The number of amides is 1. The first-order valence-corrected chi connectivity index (χ1v) is 9.05. The SMILES string of the molecule is Cc1cccc(F)c1C(=O)N1CCc2nnc(Cn3cccn3)n2CC1.O=CO. The van der Waals surface area contributed by atoms with Crippen molar-refractivity contribution in [1.82, 2.24) is 29.4 Å². The summed E-state index contributed by atoms with van der Waals surface area (Å²) in [5.74, 6) is 0.902. The molecule has 0 saturated heterocycles. The number of carboxylic acid groups (broad SMARTS) is 1. The summed E-state index contributed by atoms with van der Waals surface area (Å²) >= 11 is 0. The Bertz CT molecular complexity index is 966. The molecule has 1 aromatic carbocycles. The molecule has 0 fully saturated rings. The van der Waals surface area contributed by atoms with Crippen LogP contribution in [0.3, 0.4) is 0 Å². The van der Waals surface area contributed by atoms with E-state index in [1.165, 1.54) is 6.07 Å². The van der Waals surface area contributed by atoms with Gasteiger partial charge in [-0.05, 0) is 24.6 Å². The summed E-state index contributed by atoms with van der Waals surface area (Å²) in [5.41, 5.74) is 0.806. The summed E-state index contributed by atoms with van der Waals surface area (Å²) in [6.07, 6.45) is 4.18. The van der Waals surface area contributed by atoms with Gasteiger partial charge in [-0.15, -0.1) is 10.2 Å². The summed E-state index contributed by atoms with van der Waals surface area (Å²) in [5, 5.41) is 19.6. The minimum Gasteiger partial charge on any atom is -0.483 e. The van der Waals surface area contributed by atoms with E-state index in [1.54, 1.807) is 34.8 Å². The lowest BCUT2D eigenvalue weighted by Crippen LogP contribution is -2.34. The molecule has 29 heavy (non-hydrogen) atoms. The molecule has 1 aliphatic rings. The van der Waals surface area contributed by atoms with E-state index in [0.29, 0.717) is 38.2 Å². The lowest BCUT2D eigenvalue weighted by Gasteiger charge is -2.21. The van der Waals surface area contributed by atoms with Crippen LogP contribution in [0.5, 0.6) is 0 Å². The molecule has 10 heteroatoms. The Hall–Kier alpha value is -3.56. The van der Waals surface area contributed by atoms with Crippen LogP contribution in [0, 0.1) is 12.7 Å². The van der Waals surface area contributed by atoms with Crippen LogP contribution in [0.15, 0.2) is 36.7 Å². The quantitative estimate of drug-likeness (QED) is 0.666. The Morgan fingerprint density at radius 1 is 1.24 bits per heavy atom. The van der Waals surface area contributed by atoms with Gasteiger partial charge in [0.1, 0.15) is 18.2 Å². The van der Waals surface area contributed by atoms with E-state index in [2.05, 4.69) is 15.3 Å². The average Bonchev–Trinajstić information content (AvgIpc) is 3.28. The Kier molecular flexibility index (Phi) is 6.32. The molecular weight excluding hydrogens is 379 g/mol. The third-order valence-corrected chi connectivity index (χ3v) is 4.69. The number of hydrogen-bond donors (Lipinski definition) is 1. The molecule has 152 valence electrons. The Morgan fingerprint density at radius 3 is 2.72 bits per heavy atom.